The smallest absolute Gasteiger partial charge is 0.407 e. The van der Waals surface area contributed by atoms with Crippen LogP contribution in [0.3, 0.4) is 0 Å². The van der Waals surface area contributed by atoms with Crippen molar-refractivity contribution in [2.75, 3.05) is 19.7 Å². The second kappa shape index (κ2) is 4.35. The number of amides is 1. The van der Waals surface area contributed by atoms with Gasteiger partial charge in [-0.05, 0) is 18.8 Å². The molecular weight excluding hydrogens is 157 g/mol. The molecule has 5 heteroatoms. The van der Waals surface area contributed by atoms with E-state index in [1.807, 2.05) is 0 Å². The predicted molar refractivity (Wildman–Crippen MR) is 44.0 cm³/mol. The van der Waals surface area contributed by atoms with Crippen molar-refractivity contribution in [3.8, 4) is 0 Å². The molecule has 0 aromatic carbocycles. The minimum Gasteiger partial charge on any atom is -0.465 e. The highest BCUT2D eigenvalue weighted by atomic mass is 16.4. The van der Waals surface area contributed by atoms with Gasteiger partial charge in [0.1, 0.15) is 0 Å². The SMILES string of the molecule is [B]OC[C@@H]1CCCN(C(=O)O)C1. The third-order valence-corrected chi connectivity index (χ3v) is 2.12. The lowest BCUT2D eigenvalue weighted by molar-refractivity contribution is 0.106. The van der Waals surface area contributed by atoms with E-state index in [-0.39, 0.29) is 5.92 Å². The van der Waals surface area contributed by atoms with Crippen molar-refractivity contribution in [2.24, 2.45) is 5.92 Å². The summed E-state index contributed by atoms with van der Waals surface area (Å²) in [6, 6.07) is 0. The van der Waals surface area contributed by atoms with Crippen LogP contribution in [0.15, 0.2) is 0 Å². The zero-order chi connectivity index (χ0) is 8.97. The maximum absolute atomic E-state index is 10.6. The number of piperidine rings is 1. The fraction of sp³-hybridized carbons (Fsp3) is 0.857. The van der Waals surface area contributed by atoms with Crippen LogP contribution in [0.4, 0.5) is 4.79 Å². The normalized spacial score (nSPS) is 24.0. The van der Waals surface area contributed by atoms with E-state index >= 15 is 0 Å². The molecule has 12 heavy (non-hydrogen) atoms. The largest absolute Gasteiger partial charge is 0.465 e. The van der Waals surface area contributed by atoms with Crippen LogP contribution in [0.1, 0.15) is 12.8 Å². The average molecular weight is 169 g/mol. The second-order valence-electron chi connectivity index (χ2n) is 3.07. The third-order valence-electron chi connectivity index (χ3n) is 2.12. The summed E-state index contributed by atoms with van der Waals surface area (Å²) in [6.07, 6.45) is 1.05. The van der Waals surface area contributed by atoms with E-state index in [0.29, 0.717) is 19.7 Å². The van der Waals surface area contributed by atoms with E-state index in [1.165, 1.54) is 4.90 Å². The number of carbonyl (C=O) groups is 1. The molecule has 1 saturated heterocycles. The lowest BCUT2D eigenvalue weighted by atomic mass is 9.99. The molecule has 2 radical (unpaired) electrons. The molecule has 0 aromatic heterocycles. The molecule has 1 heterocycles. The standard InChI is InChI=1S/C7H12BNO3/c8-12-5-6-2-1-3-9(4-6)7(10)11/h6H,1-5H2,(H,10,11)/t6-/m1/s1. The summed E-state index contributed by atoms with van der Waals surface area (Å²) in [5, 5.41) is 8.68. The first-order valence-corrected chi connectivity index (χ1v) is 4.03. The van der Waals surface area contributed by atoms with Gasteiger partial charge in [-0.1, -0.05) is 0 Å². The van der Waals surface area contributed by atoms with Gasteiger partial charge >= 0.3 is 6.09 Å². The van der Waals surface area contributed by atoms with E-state index in [4.69, 9.17) is 13.2 Å². The highest BCUT2D eigenvalue weighted by Gasteiger charge is 2.22. The van der Waals surface area contributed by atoms with Crippen LogP contribution >= 0.6 is 0 Å². The molecule has 0 aromatic rings. The molecule has 1 aliphatic rings. The molecule has 1 rings (SSSR count). The molecule has 0 aliphatic carbocycles. The number of likely N-dealkylation sites (tertiary alicyclic amines) is 1. The van der Waals surface area contributed by atoms with Gasteiger partial charge in [-0.15, -0.1) is 0 Å². The van der Waals surface area contributed by atoms with Crippen LogP contribution in [0.5, 0.6) is 0 Å². The Balaban J connectivity index is 2.35. The number of hydrogen-bond acceptors (Lipinski definition) is 2. The topological polar surface area (TPSA) is 49.8 Å². The number of nitrogens with zero attached hydrogens (tertiary/aromatic N) is 1. The van der Waals surface area contributed by atoms with Gasteiger partial charge in [0.15, 0.2) is 0 Å². The zero-order valence-corrected chi connectivity index (χ0v) is 6.90. The van der Waals surface area contributed by atoms with Crippen molar-refractivity contribution >= 4 is 14.1 Å². The number of hydrogen-bond donors (Lipinski definition) is 1. The van der Waals surface area contributed by atoms with Gasteiger partial charge in [0, 0.05) is 19.7 Å². The Morgan fingerprint density at radius 3 is 3.08 bits per heavy atom. The molecule has 1 aliphatic heterocycles. The van der Waals surface area contributed by atoms with Gasteiger partial charge in [-0.2, -0.15) is 0 Å². The lowest BCUT2D eigenvalue weighted by Crippen LogP contribution is -2.40. The highest BCUT2D eigenvalue weighted by molar-refractivity contribution is 5.97. The van der Waals surface area contributed by atoms with Gasteiger partial charge in [-0.3, -0.25) is 0 Å². The Bertz CT molecular complexity index is 163. The third kappa shape index (κ3) is 2.41. The molecule has 0 unspecified atom stereocenters. The summed E-state index contributed by atoms with van der Waals surface area (Å²) in [5.74, 6) is 0.264. The summed E-state index contributed by atoms with van der Waals surface area (Å²) < 4.78 is 4.49. The van der Waals surface area contributed by atoms with E-state index in [9.17, 15) is 4.79 Å². The Kier molecular flexibility index (Phi) is 3.40. The van der Waals surface area contributed by atoms with Crippen LogP contribution < -0.4 is 0 Å². The van der Waals surface area contributed by atoms with Crippen LogP contribution in [-0.4, -0.2) is 43.8 Å². The van der Waals surface area contributed by atoms with Gasteiger partial charge in [0.25, 0.3) is 8.05 Å². The van der Waals surface area contributed by atoms with Crippen molar-refractivity contribution in [3.05, 3.63) is 0 Å². The van der Waals surface area contributed by atoms with Crippen LogP contribution in [0.25, 0.3) is 0 Å². The Morgan fingerprint density at radius 2 is 2.50 bits per heavy atom. The van der Waals surface area contributed by atoms with Crippen molar-refractivity contribution in [1.29, 1.82) is 0 Å². The Labute approximate surface area is 72.9 Å². The molecule has 66 valence electrons. The number of rotatable bonds is 2. The molecule has 4 nitrogen and oxygen atoms in total. The summed E-state index contributed by atoms with van der Waals surface area (Å²) in [5.41, 5.74) is 0. The van der Waals surface area contributed by atoms with Crippen LogP contribution in [-0.2, 0) is 4.65 Å². The van der Waals surface area contributed by atoms with Crippen molar-refractivity contribution in [1.82, 2.24) is 4.90 Å². The summed E-state index contributed by atoms with van der Waals surface area (Å²) in [6.45, 7) is 1.63. The number of carboxylic acid groups (broad SMARTS) is 1. The highest BCUT2D eigenvalue weighted by Crippen LogP contribution is 2.16. The predicted octanol–water partition coefficient (Wildman–Crippen LogP) is 0.477. The van der Waals surface area contributed by atoms with E-state index in [2.05, 4.69) is 4.65 Å². The first kappa shape index (κ1) is 9.38. The van der Waals surface area contributed by atoms with E-state index in [1.54, 1.807) is 0 Å². The van der Waals surface area contributed by atoms with Crippen LogP contribution in [0.2, 0.25) is 0 Å². The minimum atomic E-state index is -0.850. The second-order valence-corrected chi connectivity index (χ2v) is 3.07. The summed E-state index contributed by atoms with van der Waals surface area (Å²) >= 11 is 0. The molecule has 1 amide bonds. The first-order chi connectivity index (χ1) is 5.74. The molecule has 1 atom stereocenters. The van der Waals surface area contributed by atoms with Crippen molar-refractivity contribution < 1.29 is 14.6 Å². The van der Waals surface area contributed by atoms with E-state index in [0.717, 1.165) is 12.8 Å². The Hall–Kier alpha value is -0.705. The Morgan fingerprint density at radius 1 is 1.75 bits per heavy atom. The van der Waals surface area contributed by atoms with Gasteiger partial charge in [0.05, 0.1) is 0 Å². The summed E-state index contributed by atoms with van der Waals surface area (Å²) in [4.78, 5) is 12.0. The zero-order valence-electron chi connectivity index (χ0n) is 6.90. The fourth-order valence-electron chi connectivity index (χ4n) is 1.51. The fourth-order valence-corrected chi connectivity index (χ4v) is 1.51. The molecule has 0 bridgehead atoms. The van der Waals surface area contributed by atoms with Gasteiger partial charge in [0.2, 0.25) is 0 Å². The molecule has 1 N–H and O–H groups in total. The summed E-state index contributed by atoms with van der Waals surface area (Å²) in [7, 11) is 4.91. The van der Waals surface area contributed by atoms with Gasteiger partial charge in [-0.25, -0.2) is 4.79 Å². The first-order valence-electron chi connectivity index (χ1n) is 4.03. The quantitative estimate of drug-likeness (QED) is 0.611. The van der Waals surface area contributed by atoms with Crippen LogP contribution in [0, 0.1) is 5.92 Å². The van der Waals surface area contributed by atoms with E-state index < -0.39 is 6.09 Å². The van der Waals surface area contributed by atoms with Crippen molar-refractivity contribution in [3.63, 3.8) is 0 Å². The maximum atomic E-state index is 10.6. The van der Waals surface area contributed by atoms with Gasteiger partial charge < -0.3 is 14.7 Å². The lowest BCUT2D eigenvalue weighted by Gasteiger charge is -2.30. The monoisotopic (exact) mass is 169 g/mol. The van der Waals surface area contributed by atoms with Crippen molar-refractivity contribution in [2.45, 2.75) is 12.8 Å². The minimum absolute atomic E-state index is 0.264. The molecule has 0 saturated carbocycles. The maximum Gasteiger partial charge on any atom is 0.407 e. The average Bonchev–Trinajstić information content (AvgIpc) is 2.05. The molecule has 1 fully saturated rings. The molecular formula is C7H12BNO3. The molecule has 0 spiro atoms.